The van der Waals surface area contributed by atoms with Crippen LogP contribution in [0.15, 0.2) is 35.2 Å². The van der Waals surface area contributed by atoms with Crippen molar-refractivity contribution >= 4 is 21.7 Å². The standard InChI is InChI=1S/C25H41NO5S.Na/c1-3-4-5-6-7-8-9-10-11-12-13-14-15-16-17-18-25(27)26-23-20-19-22(31-2)21-24(23)32(28,29)30;/h10-11,19-21H,3-9,12-18H2,1-2H3,(H,26,27)(H,28,29,30);/q;+1/p-1. The van der Waals surface area contributed by atoms with Crippen molar-refractivity contribution in [2.45, 2.75) is 102 Å². The number of nitrogens with one attached hydrogen (secondary N) is 1. The molecule has 0 heterocycles. The van der Waals surface area contributed by atoms with Crippen LogP contribution in [-0.4, -0.2) is 26.0 Å². The van der Waals surface area contributed by atoms with Gasteiger partial charge in [0.1, 0.15) is 15.9 Å². The summed E-state index contributed by atoms with van der Waals surface area (Å²) in [5.41, 5.74) is -0.00135. The minimum atomic E-state index is -4.71. The Balaban J connectivity index is 0.0000102. The van der Waals surface area contributed by atoms with Crippen molar-refractivity contribution in [2.24, 2.45) is 0 Å². The van der Waals surface area contributed by atoms with Crippen LogP contribution in [0.1, 0.15) is 96.8 Å². The molecule has 0 aliphatic carbocycles. The molecule has 0 unspecified atom stereocenters. The van der Waals surface area contributed by atoms with Gasteiger partial charge in [-0.05, 0) is 50.3 Å². The number of benzene rings is 1. The summed E-state index contributed by atoms with van der Waals surface area (Å²) in [5.74, 6) is -0.0487. The van der Waals surface area contributed by atoms with E-state index < -0.39 is 15.0 Å². The molecule has 1 amide bonds. The van der Waals surface area contributed by atoms with Gasteiger partial charge in [0.15, 0.2) is 0 Å². The van der Waals surface area contributed by atoms with E-state index in [1.807, 2.05) is 0 Å². The van der Waals surface area contributed by atoms with Crippen LogP contribution in [0.25, 0.3) is 0 Å². The zero-order chi connectivity index (χ0) is 23.7. The molecule has 1 rings (SSSR count). The van der Waals surface area contributed by atoms with E-state index in [0.717, 1.165) is 44.6 Å². The quantitative estimate of drug-likeness (QED) is 0.147. The second-order valence-corrected chi connectivity index (χ2v) is 9.55. The number of unbranched alkanes of at least 4 members (excludes halogenated alkanes) is 11. The first-order valence-corrected chi connectivity index (χ1v) is 13.4. The number of hydrogen-bond acceptors (Lipinski definition) is 5. The zero-order valence-corrected chi connectivity index (χ0v) is 23.6. The molecule has 8 heteroatoms. The topological polar surface area (TPSA) is 95.5 Å². The number of carbonyl (C=O) groups is 1. The third kappa shape index (κ3) is 15.6. The first kappa shape index (κ1) is 32.1. The largest absolute Gasteiger partial charge is 1.00 e. The molecule has 0 radical (unpaired) electrons. The number of methoxy groups -OCH3 is 1. The molecule has 1 aromatic carbocycles. The fourth-order valence-corrected chi connectivity index (χ4v) is 4.16. The molecule has 0 aromatic heterocycles. The summed E-state index contributed by atoms with van der Waals surface area (Å²) in [7, 11) is -3.34. The second kappa shape index (κ2) is 19.4. The molecule has 0 saturated carbocycles. The Morgan fingerprint density at radius 1 is 0.939 bits per heavy atom. The Morgan fingerprint density at radius 3 is 2.03 bits per heavy atom. The van der Waals surface area contributed by atoms with E-state index >= 15 is 0 Å². The number of rotatable bonds is 18. The Hall–Kier alpha value is -0.860. The fourth-order valence-electron chi connectivity index (χ4n) is 3.51. The predicted octanol–water partition coefficient (Wildman–Crippen LogP) is 3.58. The van der Waals surface area contributed by atoms with E-state index in [9.17, 15) is 17.8 Å². The summed E-state index contributed by atoms with van der Waals surface area (Å²) < 4.78 is 39.3. The van der Waals surface area contributed by atoms with Crippen molar-refractivity contribution in [3.63, 3.8) is 0 Å². The fraction of sp³-hybridized carbons (Fsp3) is 0.640. The maximum atomic E-state index is 12.1. The molecular formula is C25H40NNaO5S. The Morgan fingerprint density at radius 2 is 1.48 bits per heavy atom. The Labute approximate surface area is 223 Å². The number of ether oxygens (including phenoxy) is 1. The van der Waals surface area contributed by atoms with E-state index in [1.165, 1.54) is 64.2 Å². The molecule has 6 nitrogen and oxygen atoms in total. The van der Waals surface area contributed by atoms with Gasteiger partial charge in [-0.2, -0.15) is 0 Å². The van der Waals surface area contributed by atoms with Crippen LogP contribution in [0.3, 0.4) is 0 Å². The summed E-state index contributed by atoms with van der Waals surface area (Å²) in [6.07, 6.45) is 20.2. The molecule has 1 N–H and O–H groups in total. The number of amides is 1. The van der Waals surface area contributed by atoms with Crippen molar-refractivity contribution in [2.75, 3.05) is 12.4 Å². The molecule has 0 aliphatic rings. The maximum absolute atomic E-state index is 12.1. The van der Waals surface area contributed by atoms with Crippen LogP contribution in [0, 0.1) is 0 Å². The summed E-state index contributed by atoms with van der Waals surface area (Å²) >= 11 is 0. The minimum Gasteiger partial charge on any atom is -0.744 e. The molecule has 0 fully saturated rings. The normalized spacial score (nSPS) is 11.4. The summed E-state index contributed by atoms with van der Waals surface area (Å²) in [5, 5.41) is 2.54. The maximum Gasteiger partial charge on any atom is 1.00 e. The molecule has 0 spiro atoms. The third-order valence-electron chi connectivity index (χ3n) is 5.40. The zero-order valence-electron chi connectivity index (χ0n) is 20.7. The van der Waals surface area contributed by atoms with Crippen molar-refractivity contribution in [3.8, 4) is 5.75 Å². The van der Waals surface area contributed by atoms with Gasteiger partial charge in [0.2, 0.25) is 5.91 Å². The first-order valence-electron chi connectivity index (χ1n) is 12.0. The van der Waals surface area contributed by atoms with Crippen molar-refractivity contribution in [1.29, 1.82) is 0 Å². The van der Waals surface area contributed by atoms with E-state index in [-0.39, 0.29) is 46.9 Å². The van der Waals surface area contributed by atoms with Gasteiger partial charge in [0.05, 0.1) is 17.7 Å². The molecule has 0 saturated heterocycles. The van der Waals surface area contributed by atoms with Gasteiger partial charge in [-0.1, -0.05) is 70.4 Å². The van der Waals surface area contributed by atoms with Crippen LogP contribution >= 0.6 is 0 Å². The monoisotopic (exact) mass is 489 g/mol. The third-order valence-corrected chi connectivity index (χ3v) is 6.27. The number of carbonyl (C=O) groups excluding carboxylic acids is 1. The van der Waals surface area contributed by atoms with E-state index in [2.05, 4.69) is 24.4 Å². The van der Waals surface area contributed by atoms with Crippen LogP contribution in [0.5, 0.6) is 5.75 Å². The predicted molar refractivity (Wildman–Crippen MR) is 129 cm³/mol. The van der Waals surface area contributed by atoms with Crippen LogP contribution in [-0.2, 0) is 14.9 Å². The molecule has 182 valence electrons. The number of allylic oxidation sites excluding steroid dienone is 2. The second-order valence-electron chi connectivity index (χ2n) is 8.20. The molecule has 33 heavy (non-hydrogen) atoms. The van der Waals surface area contributed by atoms with Gasteiger partial charge in [0, 0.05) is 6.42 Å². The van der Waals surface area contributed by atoms with Crippen LogP contribution in [0.2, 0.25) is 0 Å². The summed E-state index contributed by atoms with van der Waals surface area (Å²) in [6, 6.07) is 4.01. The van der Waals surface area contributed by atoms with Gasteiger partial charge in [0.25, 0.3) is 0 Å². The van der Waals surface area contributed by atoms with Crippen LogP contribution < -0.4 is 39.6 Å². The van der Waals surface area contributed by atoms with Gasteiger partial charge in [-0.15, -0.1) is 0 Å². The summed E-state index contributed by atoms with van der Waals surface area (Å²) in [4.78, 5) is 11.7. The SMILES string of the molecule is CCCCCCCCC=CCCCCCCCC(=O)Nc1ccc(OC)cc1S(=O)(=O)[O-].[Na+]. The number of anilines is 1. The van der Waals surface area contributed by atoms with Gasteiger partial charge < -0.3 is 14.6 Å². The van der Waals surface area contributed by atoms with Crippen molar-refractivity contribution in [1.82, 2.24) is 0 Å². The molecular weight excluding hydrogens is 449 g/mol. The molecule has 0 bridgehead atoms. The molecule has 0 atom stereocenters. The average molecular weight is 490 g/mol. The Bertz CT molecular complexity index is 796. The van der Waals surface area contributed by atoms with Crippen molar-refractivity contribution < 1.29 is 52.1 Å². The minimum absolute atomic E-state index is 0. The van der Waals surface area contributed by atoms with Crippen molar-refractivity contribution in [3.05, 3.63) is 30.4 Å². The number of hydrogen-bond donors (Lipinski definition) is 1. The van der Waals surface area contributed by atoms with Crippen LogP contribution in [0.4, 0.5) is 5.69 Å². The summed E-state index contributed by atoms with van der Waals surface area (Å²) in [6.45, 7) is 2.24. The van der Waals surface area contributed by atoms with Gasteiger partial charge in [-0.3, -0.25) is 4.79 Å². The van der Waals surface area contributed by atoms with Gasteiger partial charge in [-0.25, -0.2) is 8.42 Å². The first-order chi connectivity index (χ1) is 15.4. The Kier molecular flexibility index (Phi) is 18.9. The van der Waals surface area contributed by atoms with E-state index in [4.69, 9.17) is 4.74 Å². The smallest absolute Gasteiger partial charge is 0.744 e. The van der Waals surface area contributed by atoms with Gasteiger partial charge >= 0.3 is 29.6 Å². The molecule has 0 aliphatic heterocycles. The van der Waals surface area contributed by atoms with E-state index in [0.29, 0.717) is 6.42 Å². The molecule has 1 aromatic rings. The van der Waals surface area contributed by atoms with E-state index in [1.54, 1.807) is 0 Å². The average Bonchev–Trinajstić information content (AvgIpc) is 2.76.